The predicted octanol–water partition coefficient (Wildman–Crippen LogP) is 4.67. The highest BCUT2D eigenvalue weighted by Crippen LogP contribution is 2.30. The van der Waals surface area contributed by atoms with Crippen LogP contribution in [0, 0.1) is 0 Å². The molecule has 0 radical (unpaired) electrons. The number of amides is 1. The first-order valence-corrected chi connectivity index (χ1v) is 11.2. The van der Waals surface area contributed by atoms with E-state index < -0.39 is 17.8 Å². The minimum absolute atomic E-state index is 0.0681. The maximum Gasteiger partial charge on any atom is 0.416 e. The van der Waals surface area contributed by atoms with Crippen molar-refractivity contribution >= 4 is 11.9 Å². The van der Waals surface area contributed by atoms with Crippen LogP contribution in [0.15, 0.2) is 36.4 Å². The third kappa shape index (κ3) is 8.65. The molecule has 1 saturated heterocycles. The van der Waals surface area contributed by atoms with E-state index in [-0.39, 0.29) is 24.3 Å². The van der Waals surface area contributed by atoms with E-state index in [9.17, 15) is 27.9 Å². The van der Waals surface area contributed by atoms with Crippen LogP contribution in [0.4, 0.5) is 13.2 Å². The first-order chi connectivity index (χ1) is 15.2. The highest BCUT2D eigenvalue weighted by atomic mass is 19.4. The lowest BCUT2D eigenvalue weighted by Gasteiger charge is -2.22. The lowest BCUT2D eigenvalue weighted by Crippen LogP contribution is -2.32. The van der Waals surface area contributed by atoms with Gasteiger partial charge in [-0.3, -0.25) is 9.59 Å². The highest BCUT2D eigenvalue weighted by molar-refractivity contribution is 5.79. The summed E-state index contributed by atoms with van der Waals surface area (Å²) in [5.41, 5.74) is -0.333. The number of unbranched alkanes of at least 4 members (excludes halogenated alkanes) is 3. The Bertz CT molecular complexity index is 779. The van der Waals surface area contributed by atoms with Crippen LogP contribution in [-0.4, -0.2) is 47.2 Å². The summed E-state index contributed by atoms with van der Waals surface area (Å²) in [5.74, 6) is -0.116. The third-order valence-electron chi connectivity index (χ3n) is 5.46. The summed E-state index contributed by atoms with van der Waals surface area (Å²) < 4.78 is 43.4. The van der Waals surface area contributed by atoms with Gasteiger partial charge in [0, 0.05) is 25.8 Å². The molecule has 1 fully saturated rings. The average Bonchev–Trinajstić information content (AvgIpc) is 3.08. The van der Waals surface area contributed by atoms with E-state index in [1.165, 1.54) is 6.07 Å². The van der Waals surface area contributed by atoms with Gasteiger partial charge in [-0.25, -0.2) is 0 Å². The molecule has 0 saturated carbocycles. The number of hydrogen-bond donors (Lipinski definition) is 1. The summed E-state index contributed by atoms with van der Waals surface area (Å²) in [6, 6.07) is 4.83. The number of halogens is 3. The van der Waals surface area contributed by atoms with E-state index in [4.69, 9.17) is 4.74 Å². The zero-order valence-corrected chi connectivity index (χ0v) is 18.4. The van der Waals surface area contributed by atoms with E-state index in [2.05, 4.69) is 0 Å². The van der Waals surface area contributed by atoms with Gasteiger partial charge >= 0.3 is 12.1 Å². The molecule has 0 spiro atoms. The largest absolute Gasteiger partial charge is 0.466 e. The standard InChI is InChI=1S/C24H32F3NO4/c1-2-32-23(31)10-5-3-4-6-15-28-20(12-14-22(28)30)11-13-21(29)17-18-8-7-9-19(16-18)24(25,26)27/h7-9,11,13,16,20-21,29H,2-6,10,12,14-15,17H2,1H3/t20-,21+/m0/s1. The van der Waals surface area contributed by atoms with Crippen LogP contribution in [0.5, 0.6) is 0 Å². The minimum atomic E-state index is -4.42. The fourth-order valence-corrected chi connectivity index (χ4v) is 3.83. The van der Waals surface area contributed by atoms with Crippen molar-refractivity contribution in [3.05, 3.63) is 47.5 Å². The quantitative estimate of drug-likeness (QED) is 0.283. The van der Waals surface area contributed by atoms with Crippen LogP contribution < -0.4 is 0 Å². The van der Waals surface area contributed by atoms with E-state index in [1.807, 2.05) is 0 Å². The lowest BCUT2D eigenvalue weighted by molar-refractivity contribution is -0.143. The topological polar surface area (TPSA) is 66.8 Å². The number of carbonyl (C=O) groups excluding carboxylic acids is 2. The van der Waals surface area contributed by atoms with Gasteiger partial charge in [-0.1, -0.05) is 43.2 Å². The van der Waals surface area contributed by atoms with Gasteiger partial charge in [0.2, 0.25) is 5.91 Å². The first-order valence-electron chi connectivity index (χ1n) is 11.2. The van der Waals surface area contributed by atoms with Crippen LogP contribution in [-0.2, 0) is 26.9 Å². The molecule has 2 atom stereocenters. The number of benzene rings is 1. The molecule has 1 aromatic rings. The van der Waals surface area contributed by atoms with Crippen molar-refractivity contribution in [1.82, 2.24) is 4.90 Å². The normalized spacial score (nSPS) is 17.8. The van der Waals surface area contributed by atoms with Gasteiger partial charge in [-0.05, 0) is 37.8 Å². The Morgan fingerprint density at radius 1 is 1.28 bits per heavy atom. The molecule has 8 heteroatoms. The van der Waals surface area contributed by atoms with E-state index in [0.717, 1.165) is 37.8 Å². The molecule has 32 heavy (non-hydrogen) atoms. The monoisotopic (exact) mass is 455 g/mol. The van der Waals surface area contributed by atoms with Gasteiger partial charge in [0.05, 0.1) is 24.3 Å². The second-order valence-corrected chi connectivity index (χ2v) is 8.02. The van der Waals surface area contributed by atoms with Crippen molar-refractivity contribution in [1.29, 1.82) is 0 Å². The van der Waals surface area contributed by atoms with Crippen molar-refractivity contribution < 1.29 is 32.6 Å². The second-order valence-electron chi connectivity index (χ2n) is 8.02. The van der Waals surface area contributed by atoms with Gasteiger partial charge in [0.25, 0.3) is 0 Å². The zero-order valence-electron chi connectivity index (χ0n) is 18.4. The molecule has 0 aliphatic carbocycles. The summed E-state index contributed by atoms with van der Waals surface area (Å²) in [7, 11) is 0. The Labute approximate surface area is 187 Å². The number of ether oxygens (including phenoxy) is 1. The molecule has 1 aliphatic heterocycles. The molecule has 1 heterocycles. The summed E-state index contributed by atoms with van der Waals surface area (Å²) in [6.07, 6.45) is 2.96. The molecule has 5 nitrogen and oxygen atoms in total. The number of nitrogens with zero attached hydrogens (tertiary/aromatic N) is 1. The summed E-state index contributed by atoms with van der Waals surface area (Å²) >= 11 is 0. The SMILES string of the molecule is CCOC(=O)CCCCCCN1C(=O)CC[C@@H]1C=C[C@@H](O)Cc1cccc(C(F)(F)F)c1. The third-order valence-corrected chi connectivity index (χ3v) is 5.46. The number of rotatable bonds is 12. The average molecular weight is 456 g/mol. The number of aliphatic hydroxyl groups is 1. The molecule has 1 amide bonds. The predicted molar refractivity (Wildman–Crippen MR) is 115 cm³/mol. The van der Waals surface area contributed by atoms with Crippen molar-refractivity contribution in [2.75, 3.05) is 13.2 Å². The zero-order chi connectivity index (χ0) is 23.6. The molecule has 1 aromatic carbocycles. The fraction of sp³-hybridized carbons (Fsp3) is 0.583. The van der Waals surface area contributed by atoms with Crippen molar-refractivity contribution in [2.45, 2.75) is 76.6 Å². The molecule has 0 bridgehead atoms. The molecular weight excluding hydrogens is 423 g/mol. The van der Waals surface area contributed by atoms with Crippen molar-refractivity contribution in [3.8, 4) is 0 Å². The summed E-state index contributed by atoms with van der Waals surface area (Å²) in [5, 5.41) is 10.3. The van der Waals surface area contributed by atoms with E-state index in [1.54, 1.807) is 30.0 Å². The maximum atomic E-state index is 12.8. The highest BCUT2D eigenvalue weighted by Gasteiger charge is 2.30. The Morgan fingerprint density at radius 2 is 2.03 bits per heavy atom. The Balaban J connectivity index is 1.78. The van der Waals surface area contributed by atoms with Crippen molar-refractivity contribution in [2.24, 2.45) is 0 Å². The summed E-state index contributed by atoms with van der Waals surface area (Å²) in [4.78, 5) is 25.3. The summed E-state index contributed by atoms with van der Waals surface area (Å²) in [6.45, 7) is 2.77. The molecule has 2 rings (SSSR count). The molecular formula is C24H32F3NO4. The maximum absolute atomic E-state index is 12.8. The lowest BCUT2D eigenvalue weighted by atomic mass is 10.0. The Morgan fingerprint density at radius 3 is 2.75 bits per heavy atom. The number of hydrogen-bond acceptors (Lipinski definition) is 4. The van der Waals surface area contributed by atoms with Crippen LogP contribution in [0.1, 0.15) is 63.0 Å². The number of aliphatic hydroxyl groups excluding tert-OH is 1. The Kier molecular flexibility index (Phi) is 10.2. The van der Waals surface area contributed by atoms with E-state index in [0.29, 0.717) is 38.0 Å². The van der Waals surface area contributed by atoms with Crippen LogP contribution >= 0.6 is 0 Å². The van der Waals surface area contributed by atoms with Gasteiger partial charge in [-0.15, -0.1) is 0 Å². The number of alkyl halides is 3. The number of likely N-dealkylation sites (tertiary alicyclic amines) is 1. The Hall–Kier alpha value is -2.35. The van der Waals surface area contributed by atoms with Gasteiger partial charge in [-0.2, -0.15) is 13.2 Å². The number of carbonyl (C=O) groups is 2. The first kappa shape index (κ1) is 25.9. The second kappa shape index (κ2) is 12.6. The minimum Gasteiger partial charge on any atom is -0.466 e. The van der Waals surface area contributed by atoms with Crippen LogP contribution in [0.25, 0.3) is 0 Å². The molecule has 0 aromatic heterocycles. The van der Waals surface area contributed by atoms with Gasteiger partial charge in [0.15, 0.2) is 0 Å². The smallest absolute Gasteiger partial charge is 0.416 e. The fourth-order valence-electron chi connectivity index (χ4n) is 3.83. The van der Waals surface area contributed by atoms with Crippen LogP contribution in [0.2, 0.25) is 0 Å². The molecule has 0 unspecified atom stereocenters. The van der Waals surface area contributed by atoms with Crippen molar-refractivity contribution in [3.63, 3.8) is 0 Å². The van der Waals surface area contributed by atoms with Gasteiger partial charge < -0.3 is 14.7 Å². The molecule has 1 aliphatic rings. The van der Waals surface area contributed by atoms with E-state index >= 15 is 0 Å². The van der Waals surface area contributed by atoms with Crippen LogP contribution in [0.3, 0.4) is 0 Å². The molecule has 1 N–H and O–H groups in total. The molecule has 178 valence electrons. The van der Waals surface area contributed by atoms with Gasteiger partial charge in [0.1, 0.15) is 0 Å². The number of esters is 1.